The average Bonchev–Trinajstić information content (AvgIpc) is 3.46. The number of sulfonamides is 1. The van der Waals surface area contributed by atoms with Gasteiger partial charge < -0.3 is 10.2 Å². The van der Waals surface area contributed by atoms with Crippen LogP contribution in [0.25, 0.3) is 0 Å². The lowest BCUT2D eigenvalue weighted by Gasteiger charge is -2.34. The van der Waals surface area contributed by atoms with Crippen molar-refractivity contribution in [3.8, 4) is 0 Å². The quantitative estimate of drug-likeness (QED) is 0.341. The molecule has 212 valence electrons. The van der Waals surface area contributed by atoms with Crippen LogP contribution in [0.2, 0.25) is 0 Å². The Balaban J connectivity index is 1.72. The van der Waals surface area contributed by atoms with Gasteiger partial charge in [-0.3, -0.25) is 13.9 Å². The van der Waals surface area contributed by atoms with E-state index in [0.29, 0.717) is 12.1 Å². The number of carbonyl (C=O) groups is 2. The summed E-state index contributed by atoms with van der Waals surface area (Å²) in [6.45, 7) is 5.45. The summed E-state index contributed by atoms with van der Waals surface area (Å²) in [6, 6.07) is 22.4. The van der Waals surface area contributed by atoms with Crippen molar-refractivity contribution in [1.82, 2.24) is 10.2 Å². The molecule has 1 aliphatic rings. The number of hydrogen-bond acceptors (Lipinski definition) is 4. The number of nitrogens with one attached hydrogen (secondary N) is 1. The highest BCUT2D eigenvalue weighted by Crippen LogP contribution is 2.28. The average molecular weight is 562 g/mol. The second kappa shape index (κ2) is 13.1. The zero-order valence-electron chi connectivity index (χ0n) is 23.5. The van der Waals surface area contributed by atoms with E-state index in [9.17, 15) is 18.0 Å². The highest BCUT2D eigenvalue weighted by molar-refractivity contribution is 7.92. The molecule has 40 heavy (non-hydrogen) atoms. The number of anilines is 1. The fraction of sp³-hybridized carbons (Fsp3) is 0.375. The van der Waals surface area contributed by atoms with E-state index in [1.165, 1.54) is 16.4 Å². The summed E-state index contributed by atoms with van der Waals surface area (Å²) in [7, 11) is -4.07. The van der Waals surface area contributed by atoms with E-state index in [0.717, 1.165) is 42.4 Å². The maximum absolute atomic E-state index is 14.2. The van der Waals surface area contributed by atoms with E-state index in [1.807, 2.05) is 57.2 Å². The van der Waals surface area contributed by atoms with Crippen LogP contribution in [0.4, 0.5) is 5.69 Å². The van der Waals surface area contributed by atoms with Gasteiger partial charge in [0.1, 0.15) is 12.6 Å². The van der Waals surface area contributed by atoms with Crippen molar-refractivity contribution in [1.29, 1.82) is 0 Å². The van der Waals surface area contributed by atoms with Crippen molar-refractivity contribution >= 4 is 27.5 Å². The molecule has 1 N–H and O–H groups in total. The molecule has 7 nitrogen and oxygen atoms in total. The van der Waals surface area contributed by atoms with Crippen LogP contribution in [0.1, 0.15) is 55.7 Å². The Morgan fingerprint density at radius 1 is 0.875 bits per heavy atom. The molecule has 4 rings (SSSR count). The van der Waals surface area contributed by atoms with Crippen LogP contribution < -0.4 is 9.62 Å². The SMILES string of the molecule is CC[C@H](C(=O)NC1CCCC1)N(Cc1ccccc1C)C(=O)CN(c1ccccc1C)S(=O)(=O)c1ccccc1. The van der Waals surface area contributed by atoms with E-state index in [2.05, 4.69) is 5.32 Å². The van der Waals surface area contributed by atoms with Gasteiger partial charge >= 0.3 is 0 Å². The molecule has 1 saturated carbocycles. The van der Waals surface area contributed by atoms with Crippen molar-refractivity contribution < 1.29 is 18.0 Å². The van der Waals surface area contributed by atoms with Crippen LogP contribution in [0.5, 0.6) is 0 Å². The minimum atomic E-state index is -4.07. The predicted octanol–water partition coefficient (Wildman–Crippen LogP) is 5.36. The van der Waals surface area contributed by atoms with Crippen molar-refractivity contribution in [2.75, 3.05) is 10.8 Å². The summed E-state index contributed by atoms with van der Waals surface area (Å²) >= 11 is 0. The molecular formula is C32H39N3O4S. The monoisotopic (exact) mass is 561 g/mol. The third kappa shape index (κ3) is 6.73. The molecule has 1 atom stereocenters. The van der Waals surface area contributed by atoms with Crippen LogP contribution >= 0.6 is 0 Å². The van der Waals surface area contributed by atoms with Crippen LogP contribution in [0.15, 0.2) is 83.8 Å². The lowest BCUT2D eigenvalue weighted by Crippen LogP contribution is -2.53. The molecule has 0 saturated heterocycles. The van der Waals surface area contributed by atoms with Crippen LogP contribution in [-0.2, 0) is 26.2 Å². The molecule has 2 amide bonds. The maximum Gasteiger partial charge on any atom is 0.264 e. The lowest BCUT2D eigenvalue weighted by molar-refractivity contribution is -0.140. The Hall–Kier alpha value is -3.65. The van der Waals surface area contributed by atoms with Crippen molar-refractivity contribution in [3.05, 3.63) is 95.6 Å². The summed E-state index contributed by atoms with van der Waals surface area (Å²) in [4.78, 5) is 29.4. The summed E-state index contributed by atoms with van der Waals surface area (Å²) in [5, 5.41) is 3.15. The van der Waals surface area contributed by atoms with E-state index in [-0.39, 0.29) is 23.4 Å². The van der Waals surface area contributed by atoms with Gasteiger partial charge in [0.25, 0.3) is 10.0 Å². The van der Waals surface area contributed by atoms with Gasteiger partial charge in [0.2, 0.25) is 11.8 Å². The Kier molecular flexibility index (Phi) is 9.63. The van der Waals surface area contributed by atoms with Gasteiger partial charge in [-0.25, -0.2) is 8.42 Å². The number of carbonyl (C=O) groups excluding carboxylic acids is 2. The third-order valence-corrected chi connectivity index (χ3v) is 9.46. The number of aryl methyl sites for hydroxylation is 2. The molecule has 0 unspecified atom stereocenters. The molecule has 1 aliphatic carbocycles. The minimum Gasteiger partial charge on any atom is -0.352 e. The molecule has 3 aromatic carbocycles. The van der Waals surface area contributed by atoms with E-state index < -0.39 is 28.5 Å². The van der Waals surface area contributed by atoms with Gasteiger partial charge in [0.05, 0.1) is 10.6 Å². The molecule has 8 heteroatoms. The summed E-state index contributed by atoms with van der Waals surface area (Å²) < 4.78 is 29.0. The smallest absolute Gasteiger partial charge is 0.264 e. The fourth-order valence-electron chi connectivity index (χ4n) is 5.33. The Bertz CT molecular complexity index is 1420. The molecule has 0 aromatic heterocycles. The summed E-state index contributed by atoms with van der Waals surface area (Å²) in [5.41, 5.74) is 3.07. The van der Waals surface area contributed by atoms with Crippen LogP contribution in [0, 0.1) is 13.8 Å². The maximum atomic E-state index is 14.2. The summed E-state index contributed by atoms with van der Waals surface area (Å²) in [6.07, 6.45) is 4.44. The zero-order valence-corrected chi connectivity index (χ0v) is 24.4. The predicted molar refractivity (Wildman–Crippen MR) is 158 cm³/mol. The van der Waals surface area contributed by atoms with Crippen LogP contribution in [-0.4, -0.2) is 43.8 Å². The van der Waals surface area contributed by atoms with Crippen LogP contribution in [0.3, 0.4) is 0 Å². The van der Waals surface area contributed by atoms with Gasteiger partial charge in [-0.1, -0.05) is 80.4 Å². The number of nitrogens with zero attached hydrogens (tertiary/aromatic N) is 2. The molecule has 1 fully saturated rings. The normalized spacial score (nSPS) is 14.5. The Morgan fingerprint density at radius 3 is 2.10 bits per heavy atom. The number of para-hydroxylation sites is 1. The molecule has 0 aliphatic heterocycles. The topological polar surface area (TPSA) is 86.8 Å². The number of amides is 2. The van der Waals surface area contributed by atoms with E-state index in [1.54, 1.807) is 35.2 Å². The van der Waals surface area contributed by atoms with Crippen molar-refractivity contribution in [2.24, 2.45) is 0 Å². The van der Waals surface area contributed by atoms with Crippen molar-refractivity contribution in [2.45, 2.75) is 76.4 Å². The Morgan fingerprint density at radius 2 is 1.48 bits per heavy atom. The number of rotatable bonds is 11. The zero-order chi connectivity index (χ0) is 28.7. The van der Waals surface area contributed by atoms with E-state index >= 15 is 0 Å². The number of benzene rings is 3. The minimum absolute atomic E-state index is 0.0996. The highest BCUT2D eigenvalue weighted by Gasteiger charge is 2.35. The first-order chi connectivity index (χ1) is 19.2. The van der Waals surface area contributed by atoms with Gasteiger partial charge in [-0.15, -0.1) is 0 Å². The number of hydrogen-bond donors (Lipinski definition) is 1. The van der Waals surface area contributed by atoms with Crippen molar-refractivity contribution in [3.63, 3.8) is 0 Å². The third-order valence-electron chi connectivity index (χ3n) is 7.68. The second-order valence-corrected chi connectivity index (χ2v) is 12.3. The fourth-order valence-corrected chi connectivity index (χ4v) is 6.83. The van der Waals surface area contributed by atoms with Gasteiger partial charge in [0.15, 0.2) is 0 Å². The standard InChI is InChI=1S/C32H39N3O4S/c1-4-29(32(37)33-27-17-11-12-18-27)34(22-26-16-10-8-14-24(26)2)31(36)23-35(30-21-13-9-15-25(30)3)40(38,39)28-19-6-5-7-20-28/h5-10,13-16,19-21,27,29H,4,11-12,17-18,22-23H2,1-3H3,(H,33,37)/t29-/m1/s1. The lowest BCUT2D eigenvalue weighted by atomic mass is 10.1. The first kappa shape index (κ1) is 29.3. The first-order valence-electron chi connectivity index (χ1n) is 14.0. The van der Waals surface area contributed by atoms with Gasteiger partial charge in [0, 0.05) is 12.6 Å². The van der Waals surface area contributed by atoms with Gasteiger partial charge in [-0.05, 0) is 68.0 Å². The molecule has 0 radical (unpaired) electrons. The van der Waals surface area contributed by atoms with E-state index in [4.69, 9.17) is 0 Å². The second-order valence-electron chi connectivity index (χ2n) is 10.5. The molecule has 3 aromatic rings. The first-order valence-corrected chi connectivity index (χ1v) is 15.4. The molecular weight excluding hydrogens is 522 g/mol. The molecule has 0 bridgehead atoms. The summed E-state index contributed by atoms with van der Waals surface area (Å²) in [5.74, 6) is -0.621. The molecule has 0 heterocycles. The Labute approximate surface area is 238 Å². The largest absolute Gasteiger partial charge is 0.352 e. The molecule has 0 spiro atoms. The highest BCUT2D eigenvalue weighted by atomic mass is 32.2. The van der Waals surface area contributed by atoms with Gasteiger partial charge in [-0.2, -0.15) is 0 Å².